The van der Waals surface area contributed by atoms with Crippen molar-refractivity contribution in [2.75, 3.05) is 31.9 Å². The molecule has 6 nitrogen and oxygen atoms in total. The largest absolute Gasteiger partial charge is 0.493 e. The normalized spacial score (nSPS) is 11.8. The number of rotatable bonds is 4. The lowest BCUT2D eigenvalue weighted by atomic mass is 10.1. The van der Waals surface area contributed by atoms with Crippen molar-refractivity contribution in [3.8, 4) is 22.8 Å². The number of benzene rings is 2. The minimum absolute atomic E-state index is 0.717. The molecule has 3 aromatic rings. The first-order valence-corrected chi connectivity index (χ1v) is 8.04. The van der Waals surface area contributed by atoms with Gasteiger partial charge >= 0.3 is 0 Å². The Balaban J connectivity index is 1.76. The standard InChI is InChI=1S/C19H20N4O2/c1-23(13-6-4-5-12(20)9-13)19-15-7-11-8-16(24-2)17(25-3)10-14(11)18(15)21-22-19/h4-6,8-10H,7,20H2,1-3H3,(H,21,22). The maximum atomic E-state index is 5.91. The first-order valence-electron chi connectivity index (χ1n) is 8.04. The Kier molecular flexibility index (Phi) is 3.53. The van der Waals surface area contributed by atoms with Crippen molar-refractivity contribution in [1.82, 2.24) is 10.2 Å². The zero-order valence-electron chi connectivity index (χ0n) is 14.5. The molecule has 0 aliphatic heterocycles. The molecule has 1 heterocycles. The summed E-state index contributed by atoms with van der Waals surface area (Å²) in [5.74, 6) is 2.36. The van der Waals surface area contributed by atoms with Crippen LogP contribution < -0.4 is 20.1 Å². The maximum Gasteiger partial charge on any atom is 0.161 e. The van der Waals surface area contributed by atoms with Crippen molar-refractivity contribution < 1.29 is 9.47 Å². The highest BCUT2D eigenvalue weighted by atomic mass is 16.5. The van der Waals surface area contributed by atoms with Crippen molar-refractivity contribution in [3.05, 3.63) is 47.5 Å². The van der Waals surface area contributed by atoms with E-state index in [0.29, 0.717) is 0 Å². The zero-order chi connectivity index (χ0) is 17.6. The summed E-state index contributed by atoms with van der Waals surface area (Å²) in [6.45, 7) is 0. The molecule has 0 unspecified atom stereocenters. The van der Waals surface area contributed by atoms with E-state index in [-0.39, 0.29) is 0 Å². The van der Waals surface area contributed by atoms with Gasteiger partial charge in [-0.2, -0.15) is 5.10 Å². The van der Waals surface area contributed by atoms with E-state index in [2.05, 4.69) is 10.2 Å². The molecular weight excluding hydrogens is 316 g/mol. The average Bonchev–Trinajstić information content (AvgIpc) is 3.18. The quantitative estimate of drug-likeness (QED) is 0.559. The summed E-state index contributed by atoms with van der Waals surface area (Å²) in [7, 11) is 5.29. The summed E-state index contributed by atoms with van der Waals surface area (Å²) < 4.78 is 10.9. The van der Waals surface area contributed by atoms with Gasteiger partial charge in [-0.15, -0.1) is 0 Å². The van der Waals surface area contributed by atoms with Gasteiger partial charge in [0.25, 0.3) is 0 Å². The minimum Gasteiger partial charge on any atom is -0.493 e. The Morgan fingerprint density at radius 1 is 1.12 bits per heavy atom. The molecular formula is C19H20N4O2. The van der Waals surface area contributed by atoms with E-state index in [1.165, 1.54) is 5.56 Å². The molecule has 25 heavy (non-hydrogen) atoms. The number of aromatic nitrogens is 2. The van der Waals surface area contributed by atoms with Crippen molar-refractivity contribution in [2.45, 2.75) is 6.42 Å². The zero-order valence-corrected chi connectivity index (χ0v) is 14.5. The molecule has 0 amide bonds. The second-order valence-corrected chi connectivity index (χ2v) is 6.10. The second kappa shape index (κ2) is 5.73. The number of aromatic amines is 1. The molecule has 1 aliphatic carbocycles. The van der Waals surface area contributed by atoms with Gasteiger partial charge in [0.15, 0.2) is 17.3 Å². The Morgan fingerprint density at radius 2 is 1.88 bits per heavy atom. The van der Waals surface area contributed by atoms with Crippen LogP contribution in [0.5, 0.6) is 11.5 Å². The number of nitrogens with one attached hydrogen (secondary N) is 1. The van der Waals surface area contributed by atoms with E-state index in [4.69, 9.17) is 15.2 Å². The highest BCUT2D eigenvalue weighted by Gasteiger charge is 2.28. The number of nitrogens with two attached hydrogens (primary N) is 1. The maximum absolute atomic E-state index is 5.91. The molecule has 0 atom stereocenters. The molecule has 2 aromatic carbocycles. The van der Waals surface area contributed by atoms with Crippen LogP contribution >= 0.6 is 0 Å². The highest BCUT2D eigenvalue weighted by molar-refractivity contribution is 5.82. The van der Waals surface area contributed by atoms with Crippen molar-refractivity contribution in [1.29, 1.82) is 0 Å². The Bertz CT molecular complexity index is 949. The van der Waals surface area contributed by atoms with E-state index in [0.717, 1.165) is 51.9 Å². The van der Waals surface area contributed by atoms with Crippen LogP contribution in [0.2, 0.25) is 0 Å². The lowest BCUT2D eigenvalue weighted by Gasteiger charge is -2.18. The van der Waals surface area contributed by atoms with E-state index in [9.17, 15) is 0 Å². The molecule has 6 heteroatoms. The van der Waals surface area contributed by atoms with Crippen LogP contribution in [-0.4, -0.2) is 31.5 Å². The molecule has 0 spiro atoms. The number of ether oxygens (including phenoxy) is 2. The van der Waals surface area contributed by atoms with Crippen LogP contribution in [-0.2, 0) is 6.42 Å². The monoisotopic (exact) mass is 336 g/mol. The number of hydrogen-bond acceptors (Lipinski definition) is 5. The summed E-state index contributed by atoms with van der Waals surface area (Å²) in [6.07, 6.45) is 0.795. The molecule has 0 radical (unpaired) electrons. The number of methoxy groups -OCH3 is 2. The topological polar surface area (TPSA) is 76.4 Å². The Labute approximate surface area is 146 Å². The lowest BCUT2D eigenvalue weighted by Crippen LogP contribution is -2.12. The molecule has 0 saturated carbocycles. The fraction of sp³-hybridized carbons (Fsp3) is 0.211. The Morgan fingerprint density at radius 3 is 2.60 bits per heavy atom. The molecule has 4 rings (SSSR count). The predicted octanol–water partition coefficient (Wildman–Crippen LogP) is 3.35. The lowest BCUT2D eigenvalue weighted by molar-refractivity contribution is 0.355. The van der Waals surface area contributed by atoms with Gasteiger partial charge in [-0.25, -0.2) is 0 Å². The van der Waals surface area contributed by atoms with Gasteiger partial charge in [0, 0.05) is 36.0 Å². The summed E-state index contributed by atoms with van der Waals surface area (Å²) in [4.78, 5) is 2.05. The van der Waals surface area contributed by atoms with Crippen molar-refractivity contribution >= 4 is 17.2 Å². The number of nitrogen functional groups attached to an aromatic ring is 1. The number of nitrogens with zero attached hydrogens (tertiary/aromatic N) is 2. The molecule has 0 fully saturated rings. The first kappa shape index (κ1) is 15.4. The fourth-order valence-corrected chi connectivity index (χ4v) is 3.37. The van der Waals surface area contributed by atoms with E-state index in [1.807, 2.05) is 48.3 Å². The van der Waals surface area contributed by atoms with E-state index >= 15 is 0 Å². The number of anilines is 3. The third-order valence-corrected chi connectivity index (χ3v) is 4.67. The van der Waals surface area contributed by atoms with Gasteiger partial charge in [-0.1, -0.05) is 6.07 Å². The molecule has 0 saturated heterocycles. The predicted molar refractivity (Wildman–Crippen MR) is 98.9 cm³/mol. The van der Waals surface area contributed by atoms with Crippen LogP contribution in [0.25, 0.3) is 11.3 Å². The smallest absolute Gasteiger partial charge is 0.161 e. The number of fused-ring (bicyclic) bond motifs is 3. The van der Waals surface area contributed by atoms with Gasteiger partial charge in [-0.3, -0.25) is 5.10 Å². The van der Waals surface area contributed by atoms with Crippen LogP contribution in [0.3, 0.4) is 0 Å². The van der Waals surface area contributed by atoms with Crippen LogP contribution in [0.15, 0.2) is 36.4 Å². The SMILES string of the molecule is COc1cc2c(cc1OC)-c1[nH]nc(N(C)c3cccc(N)c3)c1C2. The second-order valence-electron chi connectivity index (χ2n) is 6.10. The molecule has 0 bridgehead atoms. The third-order valence-electron chi connectivity index (χ3n) is 4.67. The van der Waals surface area contributed by atoms with E-state index < -0.39 is 0 Å². The third kappa shape index (κ3) is 2.38. The van der Waals surface area contributed by atoms with Gasteiger partial charge in [-0.05, 0) is 35.9 Å². The highest BCUT2D eigenvalue weighted by Crippen LogP contribution is 2.45. The number of H-pyrrole nitrogens is 1. The molecule has 3 N–H and O–H groups in total. The summed E-state index contributed by atoms with van der Waals surface area (Å²) in [5.41, 5.74) is 12.1. The molecule has 1 aliphatic rings. The van der Waals surface area contributed by atoms with Crippen LogP contribution in [0, 0.1) is 0 Å². The van der Waals surface area contributed by atoms with Crippen LogP contribution in [0.4, 0.5) is 17.2 Å². The molecule has 128 valence electrons. The minimum atomic E-state index is 0.717. The fourth-order valence-electron chi connectivity index (χ4n) is 3.37. The first-order chi connectivity index (χ1) is 12.1. The van der Waals surface area contributed by atoms with Gasteiger partial charge in [0.2, 0.25) is 0 Å². The summed E-state index contributed by atoms with van der Waals surface area (Å²) in [6, 6.07) is 11.8. The van der Waals surface area contributed by atoms with Crippen molar-refractivity contribution in [2.24, 2.45) is 0 Å². The average molecular weight is 336 g/mol. The van der Waals surface area contributed by atoms with Crippen LogP contribution in [0.1, 0.15) is 11.1 Å². The van der Waals surface area contributed by atoms with Crippen molar-refractivity contribution in [3.63, 3.8) is 0 Å². The molecule has 1 aromatic heterocycles. The number of hydrogen-bond donors (Lipinski definition) is 2. The summed E-state index contributed by atoms with van der Waals surface area (Å²) in [5, 5.41) is 7.71. The van der Waals surface area contributed by atoms with Gasteiger partial charge in [0.05, 0.1) is 19.9 Å². The Hall–Kier alpha value is -3.15. The van der Waals surface area contributed by atoms with Gasteiger partial charge in [0.1, 0.15) is 0 Å². The van der Waals surface area contributed by atoms with E-state index in [1.54, 1.807) is 14.2 Å². The summed E-state index contributed by atoms with van der Waals surface area (Å²) >= 11 is 0. The van der Waals surface area contributed by atoms with Gasteiger partial charge < -0.3 is 20.1 Å².